The lowest BCUT2D eigenvalue weighted by atomic mass is 10.1. The molecule has 0 N–H and O–H groups in total. The molecule has 0 atom stereocenters. The molecule has 28 heavy (non-hydrogen) atoms. The summed E-state index contributed by atoms with van der Waals surface area (Å²) in [7, 11) is 1.29. The second-order valence-electron chi connectivity index (χ2n) is 7.14. The van der Waals surface area contributed by atoms with E-state index in [9.17, 15) is 9.47 Å². The van der Waals surface area contributed by atoms with Gasteiger partial charge in [-0.1, -0.05) is 0 Å². The van der Waals surface area contributed by atoms with Crippen LogP contribution in [0.15, 0.2) is 15.4 Å². The van der Waals surface area contributed by atoms with Crippen molar-refractivity contribution in [1.82, 2.24) is 9.80 Å². The number of aliphatic imine (C=N–C) groups is 1. The number of hydrogen-bond donors (Lipinski definition) is 0. The number of ether oxygens (including phenoxy) is 2. The van der Waals surface area contributed by atoms with Gasteiger partial charge in [-0.3, -0.25) is 4.90 Å². The Morgan fingerprint density at radius 2 is 2.04 bits per heavy atom. The first-order valence-electron chi connectivity index (χ1n) is 9.09. The molecule has 1 aliphatic heterocycles. The highest BCUT2D eigenvalue weighted by molar-refractivity contribution is 7.92. The van der Waals surface area contributed by atoms with E-state index in [2.05, 4.69) is 20.3 Å². The van der Waals surface area contributed by atoms with Crippen LogP contribution in [0.25, 0.3) is 0 Å². The molecular weight excluding hydrogens is 378 g/mol. The zero-order valence-electron chi connectivity index (χ0n) is 17.3. The lowest BCUT2D eigenvalue weighted by Gasteiger charge is -2.26. The van der Waals surface area contributed by atoms with Gasteiger partial charge < -0.3 is 14.4 Å². The van der Waals surface area contributed by atoms with Crippen molar-refractivity contribution in [2.24, 2.45) is 9.36 Å². The topological polar surface area (TPSA) is 90.5 Å². The third-order valence-electron chi connectivity index (χ3n) is 4.09. The van der Waals surface area contributed by atoms with Gasteiger partial charge in [0.1, 0.15) is 24.1 Å². The fraction of sp³-hybridized carbons (Fsp3) is 0.579. The normalized spacial score (nSPS) is 15.4. The van der Waals surface area contributed by atoms with Crippen molar-refractivity contribution in [2.75, 3.05) is 66.1 Å². The zero-order valence-corrected chi connectivity index (χ0v) is 18.1. The Labute approximate surface area is 167 Å². The van der Waals surface area contributed by atoms with Crippen molar-refractivity contribution < 1.29 is 13.7 Å². The van der Waals surface area contributed by atoms with Crippen LogP contribution in [0.2, 0.25) is 0 Å². The van der Waals surface area contributed by atoms with Crippen LogP contribution in [-0.4, -0.2) is 86.4 Å². The monoisotopic (exact) mass is 407 g/mol. The van der Waals surface area contributed by atoms with Gasteiger partial charge in [0.05, 0.1) is 30.8 Å². The fourth-order valence-corrected chi connectivity index (χ4v) is 3.38. The average Bonchev–Trinajstić information content (AvgIpc) is 2.62. The smallest absolute Gasteiger partial charge is 0.150 e. The number of benzene rings is 1. The molecule has 1 fully saturated rings. The molecule has 0 spiro atoms. The van der Waals surface area contributed by atoms with Crippen molar-refractivity contribution in [3.63, 3.8) is 0 Å². The standard InChI is InChI=1S/C19H29N5O3S/c1-15-16(13-20)17(21-14-23(2)3)12-18(22-28(4,5)25)19(15)27-11-8-24-6-9-26-10-7-24/h12,14H,6-11H2,1-5H3/b21-14+. The molecule has 0 aromatic heterocycles. The van der Waals surface area contributed by atoms with Gasteiger partial charge in [-0.15, -0.1) is 0 Å². The molecule has 0 bridgehead atoms. The van der Waals surface area contributed by atoms with Crippen molar-refractivity contribution in [3.05, 3.63) is 17.2 Å². The maximum Gasteiger partial charge on any atom is 0.150 e. The van der Waals surface area contributed by atoms with E-state index < -0.39 is 9.73 Å². The molecule has 2 rings (SSSR count). The number of morpholine rings is 1. The van der Waals surface area contributed by atoms with E-state index in [1.165, 1.54) is 0 Å². The molecule has 1 aromatic rings. The Morgan fingerprint density at radius 3 is 2.61 bits per heavy atom. The van der Waals surface area contributed by atoms with Crippen molar-refractivity contribution in [1.29, 1.82) is 5.26 Å². The average molecular weight is 408 g/mol. The van der Waals surface area contributed by atoms with Crippen LogP contribution in [0.3, 0.4) is 0 Å². The summed E-state index contributed by atoms with van der Waals surface area (Å²) in [6.45, 7) is 6.21. The third kappa shape index (κ3) is 6.48. The maximum absolute atomic E-state index is 12.3. The number of rotatable bonds is 7. The first-order chi connectivity index (χ1) is 13.2. The van der Waals surface area contributed by atoms with Gasteiger partial charge >= 0.3 is 0 Å². The highest BCUT2D eigenvalue weighted by atomic mass is 32.2. The predicted octanol–water partition coefficient (Wildman–Crippen LogP) is 2.16. The van der Waals surface area contributed by atoms with Crippen LogP contribution in [-0.2, 0) is 14.5 Å². The molecule has 1 aromatic carbocycles. The summed E-state index contributed by atoms with van der Waals surface area (Å²) in [5, 5.41) is 9.64. The predicted molar refractivity (Wildman–Crippen MR) is 113 cm³/mol. The van der Waals surface area contributed by atoms with Gasteiger partial charge in [0.15, 0.2) is 0 Å². The number of nitriles is 1. The summed E-state index contributed by atoms with van der Waals surface area (Å²) >= 11 is 0. The molecule has 0 radical (unpaired) electrons. The van der Waals surface area contributed by atoms with Crippen LogP contribution in [0.4, 0.5) is 11.4 Å². The van der Waals surface area contributed by atoms with Gasteiger partial charge in [-0.2, -0.15) is 9.62 Å². The van der Waals surface area contributed by atoms with Crippen LogP contribution in [0, 0.1) is 18.3 Å². The van der Waals surface area contributed by atoms with Gasteiger partial charge in [0, 0.05) is 61.5 Å². The first kappa shape index (κ1) is 22.1. The van der Waals surface area contributed by atoms with E-state index >= 15 is 0 Å². The van der Waals surface area contributed by atoms with Crippen molar-refractivity contribution >= 4 is 27.4 Å². The first-order valence-corrected chi connectivity index (χ1v) is 11.4. The Morgan fingerprint density at radius 1 is 1.36 bits per heavy atom. The largest absolute Gasteiger partial charge is 0.490 e. The zero-order chi connectivity index (χ0) is 20.7. The molecule has 0 saturated carbocycles. The van der Waals surface area contributed by atoms with Crippen LogP contribution < -0.4 is 4.74 Å². The minimum absolute atomic E-state index is 0.428. The quantitative estimate of drug-likeness (QED) is 0.508. The number of nitrogens with zero attached hydrogens (tertiary/aromatic N) is 5. The summed E-state index contributed by atoms with van der Waals surface area (Å²) in [5.74, 6) is 0.491. The van der Waals surface area contributed by atoms with Crippen LogP contribution >= 0.6 is 0 Å². The second-order valence-corrected chi connectivity index (χ2v) is 9.68. The molecule has 0 aliphatic carbocycles. The molecule has 1 saturated heterocycles. The SMILES string of the molecule is Cc1c(C#N)c(/N=C/N(C)C)cc(N=S(C)(C)=O)c1OCCN1CCOCC1. The molecule has 0 unspecified atom stereocenters. The molecule has 1 heterocycles. The minimum Gasteiger partial charge on any atom is -0.490 e. The van der Waals surface area contributed by atoms with E-state index in [1.54, 1.807) is 29.8 Å². The molecule has 0 amide bonds. The summed E-state index contributed by atoms with van der Waals surface area (Å²) in [5.41, 5.74) is 2.02. The highest BCUT2D eigenvalue weighted by Gasteiger charge is 2.18. The highest BCUT2D eigenvalue weighted by Crippen LogP contribution is 2.39. The van der Waals surface area contributed by atoms with E-state index in [4.69, 9.17) is 9.47 Å². The van der Waals surface area contributed by atoms with Gasteiger partial charge in [0.25, 0.3) is 0 Å². The Balaban J connectivity index is 2.38. The van der Waals surface area contributed by atoms with Crippen molar-refractivity contribution in [3.8, 4) is 11.8 Å². The van der Waals surface area contributed by atoms with Crippen molar-refractivity contribution in [2.45, 2.75) is 6.92 Å². The second kappa shape index (κ2) is 9.87. The van der Waals surface area contributed by atoms with Gasteiger partial charge in [0.2, 0.25) is 0 Å². The van der Waals surface area contributed by atoms with Gasteiger partial charge in [-0.05, 0) is 13.0 Å². The number of hydrogen-bond acceptors (Lipinski definition) is 7. The summed E-state index contributed by atoms with van der Waals surface area (Å²) < 4.78 is 28.1. The van der Waals surface area contributed by atoms with Crippen LogP contribution in [0.1, 0.15) is 11.1 Å². The summed E-state index contributed by atoms with van der Waals surface area (Å²) in [4.78, 5) is 8.41. The molecule has 9 heteroatoms. The lowest BCUT2D eigenvalue weighted by Crippen LogP contribution is -2.38. The Bertz CT molecular complexity index is 869. The molecular formula is C19H29N5O3S. The van der Waals surface area contributed by atoms with Gasteiger partial charge in [-0.25, -0.2) is 9.20 Å². The van der Waals surface area contributed by atoms with Crippen LogP contribution in [0.5, 0.6) is 5.75 Å². The van der Waals surface area contributed by atoms with E-state index in [0.717, 1.165) is 32.8 Å². The van der Waals surface area contributed by atoms with E-state index in [0.29, 0.717) is 34.9 Å². The fourth-order valence-electron chi connectivity index (χ4n) is 2.77. The molecule has 1 aliphatic rings. The van der Waals surface area contributed by atoms with E-state index in [-0.39, 0.29) is 0 Å². The Hall–Kier alpha value is -2.15. The summed E-state index contributed by atoms with van der Waals surface area (Å²) in [6, 6.07) is 3.87. The molecule has 8 nitrogen and oxygen atoms in total. The lowest BCUT2D eigenvalue weighted by molar-refractivity contribution is 0.0322. The summed E-state index contributed by atoms with van der Waals surface area (Å²) in [6.07, 6.45) is 4.76. The maximum atomic E-state index is 12.3. The Kier molecular flexibility index (Phi) is 7.80. The molecule has 154 valence electrons. The van der Waals surface area contributed by atoms with E-state index in [1.807, 2.05) is 21.0 Å². The minimum atomic E-state index is -2.41. The third-order valence-corrected chi connectivity index (χ3v) is 4.73.